The van der Waals surface area contributed by atoms with E-state index in [4.69, 9.17) is 18.9 Å². The second kappa shape index (κ2) is 12.5. The fraction of sp³-hybridized carbons (Fsp3) is 0.520. The van der Waals surface area contributed by atoms with Gasteiger partial charge in [0.25, 0.3) is 0 Å². The van der Waals surface area contributed by atoms with Gasteiger partial charge in [0.1, 0.15) is 0 Å². The normalized spacial score (nSPS) is 15.1. The lowest BCUT2D eigenvalue weighted by atomic mass is 9.95. The third-order valence-electron chi connectivity index (χ3n) is 5.81. The van der Waals surface area contributed by atoms with Crippen molar-refractivity contribution in [3.8, 4) is 23.0 Å². The highest BCUT2D eigenvalue weighted by molar-refractivity contribution is 8.20. The minimum atomic E-state index is 0.438. The van der Waals surface area contributed by atoms with E-state index in [-0.39, 0.29) is 0 Å². The van der Waals surface area contributed by atoms with E-state index in [9.17, 15) is 0 Å². The molecule has 1 saturated heterocycles. The van der Waals surface area contributed by atoms with E-state index < -0.39 is 0 Å². The Labute approximate surface area is 201 Å². The number of nitrogens with zero attached hydrogens (tertiary/aromatic N) is 1. The molecule has 0 bridgehead atoms. The molecule has 2 aromatic rings. The SMILES string of the molecule is COc1ccc(CCN(C)CC(CC2SCCS2)c2ccc(OC)c(OC)c2)cc1OC. The van der Waals surface area contributed by atoms with Gasteiger partial charge in [-0.2, -0.15) is 0 Å². The van der Waals surface area contributed by atoms with Crippen molar-refractivity contribution in [2.24, 2.45) is 0 Å². The lowest BCUT2D eigenvalue weighted by molar-refractivity contribution is 0.309. The summed E-state index contributed by atoms with van der Waals surface area (Å²) >= 11 is 4.18. The molecule has 0 N–H and O–H groups in total. The molecule has 0 saturated carbocycles. The summed E-state index contributed by atoms with van der Waals surface area (Å²) in [5, 5.41) is 0. The number of ether oxygens (including phenoxy) is 4. The van der Waals surface area contributed by atoms with Crippen molar-refractivity contribution in [1.82, 2.24) is 4.90 Å². The standard InChI is InChI=1S/C25H35NO4S2/c1-26(11-10-18-6-8-21(27-2)23(14-18)29-4)17-20(16-25-31-12-13-32-25)19-7-9-22(28-3)24(15-19)30-5/h6-9,14-15,20,25H,10-13,16-17H2,1-5H3. The van der Waals surface area contributed by atoms with Crippen molar-refractivity contribution >= 4 is 23.5 Å². The van der Waals surface area contributed by atoms with E-state index in [1.807, 2.05) is 12.1 Å². The van der Waals surface area contributed by atoms with Crippen molar-refractivity contribution in [1.29, 1.82) is 0 Å². The molecule has 1 aliphatic rings. The van der Waals surface area contributed by atoms with E-state index in [0.29, 0.717) is 10.5 Å². The van der Waals surface area contributed by atoms with E-state index in [0.717, 1.165) is 48.9 Å². The van der Waals surface area contributed by atoms with Crippen LogP contribution in [0.1, 0.15) is 23.5 Å². The van der Waals surface area contributed by atoms with Crippen molar-refractivity contribution in [2.75, 3.05) is 60.1 Å². The van der Waals surface area contributed by atoms with Gasteiger partial charge < -0.3 is 23.8 Å². The summed E-state index contributed by atoms with van der Waals surface area (Å²) in [6, 6.07) is 12.5. The van der Waals surface area contributed by atoms with E-state index >= 15 is 0 Å². The van der Waals surface area contributed by atoms with Crippen LogP contribution in [0.5, 0.6) is 23.0 Å². The van der Waals surface area contributed by atoms with Crippen molar-refractivity contribution in [3.63, 3.8) is 0 Å². The Kier molecular flexibility index (Phi) is 9.75. The molecule has 32 heavy (non-hydrogen) atoms. The predicted octanol–water partition coefficient (Wildman–Crippen LogP) is 5.18. The highest BCUT2D eigenvalue weighted by Crippen LogP contribution is 2.40. The zero-order valence-corrected chi connectivity index (χ0v) is 21.4. The van der Waals surface area contributed by atoms with Crippen LogP contribution in [0.3, 0.4) is 0 Å². The topological polar surface area (TPSA) is 40.2 Å². The first kappa shape index (κ1) is 24.9. The molecule has 3 rings (SSSR count). The van der Waals surface area contributed by atoms with Crippen molar-refractivity contribution in [3.05, 3.63) is 47.5 Å². The third-order valence-corrected chi connectivity index (χ3v) is 8.89. The molecule has 0 amide bonds. The second-order valence-corrected chi connectivity index (χ2v) is 10.8. The summed E-state index contributed by atoms with van der Waals surface area (Å²) in [7, 11) is 8.95. The Balaban J connectivity index is 1.68. The van der Waals surface area contributed by atoms with Gasteiger partial charge in [-0.25, -0.2) is 0 Å². The van der Waals surface area contributed by atoms with Crippen LogP contribution in [0.2, 0.25) is 0 Å². The van der Waals surface area contributed by atoms with Gasteiger partial charge in [0.05, 0.1) is 33.0 Å². The monoisotopic (exact) mass is 477 g/mol. The molecule has 5 nitrogen and oxygen atoms in total. The number of thioether (sulfide) groups is 2. The maximum absolute atomic E-state index is 5.58. The number of likely N-dealkylation sites (N-methyl/N-ethyl adjacent to an activating group) is 1. The molecule has 0 aliphatic carbocycles. The Morgan fingerprint density at radius 3 is 2.06 bits per heavy atom. The molecule has 1 heterocycles. The number of benzene rings is 2. The maximum Gasteiger partial charge on any atom is 0.160 e. The Morgan fingerprint density at radius 1 is 0.844 bits per heavy atom. The number of hydrogen-bond donors (Lipinski definition) is 0. The largest absolute Gasteiger partial charge is 0.493 e. The molecular weight excluding hydrogens is 442 g/mol. The number of rotatable bonds is 12. The van der Waals surface area contributed by atoms with E-state index in [2.05, 4.69) is 59.7 Å². The van der Waals surface area contributed by atoms with Crippen molar-refractivity contribution < 1.29 is 18.9 Å². The van der Waals surface area contributed by atoms with Crippen LogP contribution in [0.4, 0.5) is 0 Å². The van der Waals surface area contributed by atoms with Gasteiger partial charge >= 0.3 is 0 Å². The first-order chi connectivity index (χ1) is 15.6. The number of methoxy groups -OCH3 is 4. The van der Waals surface area contributed by atoms with Gasteiger partial charge in [0, 0.05) is 24.6 Å². The quantitative estimate of drug-likeness (QED) is 0.417. The van der Waals surface area contributed by atoms with Crippen LogP contribution in [0.25, 0.3) is 0 Å². The Bertz CT molecular complexity index is 858. The van der Waals surface area contributed by atoms with Crippen LogP contribution in [0, 0.1) is 0 Å². The van der Waals surface area contributed by atoms with E-state index in [1.54, 1.807) is 28.4 Å². The molecular formula is C25H35NO4S2. The summed E-state index contributed by atoms with van der Waals surface area (Å²) in [5.74, 6) is 6.08. The third kappa shape index (κ3) is 6.65. The second-order valence-electron chi connectivity index (χ2n) is 7.92. The molecule has 0 spiro atoms. The van der Waals surface area contributed by atoms with Gasteiger partial charge in [-0.05, 0) is 61.2 Å². The number of hydrogen-bond acceptors (Lipinski definition) is 7. The molecule has 2 aromatic carbocycles. The van der Waals surface area contributed by atoms with Gasteiger partial charge in [0.2, 0.25) is 0 Å². The summed E-state index contributed by atoms with van der Waals surface area (Å²) in [6.45, 7) is 1.98. The molecule has 1 unspecified atom stereocenters. The molecule has 1 aliphatic heterocycles. The zero-order chi connectivity index (χ0) is 22.9. The van der Waals surface area contributed by atoms with Gasteiger partial charge in [-0.3, -0.25) is 0 Å². The van der Waals surface area contributed by atoms with Gasteiger partial charge in [-0.1, -0.05) is 12.1 Å². The molecule has 1 atom stereocenters. The molecule has 7 heteroatoms. The lowest BCUT2D eigenvalue weighted by Gasteiger charge is -2.27. The first-order valence-corrected chi connectivity index (χ1v) is 13.0. The Hall–Kier alpha value is -1.70. The van der Waals surface area contributed by atoms with Crippen LogP contribution >= 0.6 is 23.5 Å². The zero-order valence-electron chi connectivity index (χ0n) is 19.8. The lowest BCUT2D eigenvalue weighted by Crippen LogP contribution is -2.28. The summed E-state index contributed by atoms with van der Waals surface area (Å²) in [4.78, 5) is 2.43. The fourth-order valence-electron chi connectivity index (χ4n) is 4.02. The Morgan fingerprint density at radius 2 is 1.44 bits per heavy atom. The summed E-state index contributed by atoms with van der Waals surface area (Å²) in [5.41, 5.74) is 2.56. The first-order valence-electron chi connectivity index (χ1n) is 10.9. The molecule has 1 fully saturated rings. The average Bonchev–Trinajstić information content (AvgIpc) is 3.34. The van der Waals surface area contributed by atoms with E-state index in [1.165, 1.54) is 22.6 Å². The minimum absolute atomic E-state index is 0.438. The average molecular weight is 478 g/mol. The van der Waals surface area contributed by atoms with Crippen LogP contribution < -0.4 is 18.9 Å². The predicted molar refractivity (Wildman–Crippen MR) is 136 cm³/mol. The van der Waals surface area contributed by atoms with Gasteiger partial charge in [-0.15, -0.1) is 23.5 Å². The van der Waals surface area contributed by atoms with Crippen LogP contribution in [0.15, 0.2) is 36.4 Å². The van der Waals surface area contributed by atoms with Crippen molar-refractivity contribution in [2.45, 2.75) is 23.3 Å². The molecule has 0 radical (unpaired) electrons. The summed E-state index contributed by atoms with van der Waals surface area (Å²) in [6.07, 6.45) is 2.12. The molecule has 176 valence electrons. The highest BCUT2D eigenvalue weighted by Gasteiger charge is 2.24. The fourth-order valence-corrected chi connectivity index (χ4v) is 7.02. The maximum atomic E-state index is 5.58. The van der Waals surface area contributed by atoms with Crippen LogP contribution in [-0.4, -0.2) is 69.6 Å². The highest BCUT2D eigenvalue weighted by atomic mass is 32.2. The summed E-state index contributed by atoms with van der Waals surface area (Å²) < 4.78 is 22.5. The van der Waals surface area contributed by atoms with Gasteiger partial charge in [0.15, 0.2) is 23.0 Å². The minimum Gasteiger partial charge on any atom is -0.493 e. The smallest absolute Gasteiger partial charge is 0.160 e. The van der Waals surface area contributed by atoms with Crippen LogP contribution in [-0.2, 0) is 6.42 Å². The molecule has 0 aromatic heterocycles.